The molecule has 1 fully saturated rings. The molecule has 0 atom stereocenters. The number of rotatable bonds is 7. The van der Waals surface area contributed by atoms with Crippen LogP contribution in [0.3, 0.4) is 0 Å². The Bertz CT molecular complexity index is 679. The molecule has 0 unspecified atom stereocenters. The molecule has 1 aliphatic rings. The summed E-state index contributed by atoms with van der Waals surface area (Å²) >= 11 is 0. The lowest BCUT2D eigenvalue weighted by Gasteiger charge is -2.38. The van der Waals surface area contributed by atoms with Gasteiger partial charge < -0.3 is 19.5 Å². The van der Waals surface area contributed by atoms with Crippen LogP contribution in [0.15, 0.2) is 47.2 Å². The van der Waals surface area contributed by atoms with E-state index in [1.807, 2.05) is 49.2 Å². The van der Waals surface area contributed by atoms with E-state index in [1.165, 1.54) is 0 Å². The summed E-state index contributed by atoms with van der Waals surface area (Å²) in [5.41, 5.74) is 1.13. The van der Waals surface area contributed by atoms with E-state index in [4.69, 9.17) is 4.42 Å². The monoisotopic (exact) mass is 370 g/mol. The molecular weight excluding hydrogens is 340 g/mol. The number of carbonyl (C=O) groups excluding carboxylic acids is 1. The minimum absolute atomic E-state index is 0.00617. The summed E-state index contributed by atoms with van der Waals surface area (Å²) in [6, 6.07) is 10.2. The highest BCUT2D eigenvalue weighted by Crippen LogP contribution is 2.20. The zero-order chi connectivity index (χ0) is 19.1. The number of hydrogen-bond donors (Lipinski definition) is 1. The van der Waals surface area contributed by atoms with Crippen LogP contribution in [0.25, 0.3) is 0 Å². The average molecular weight is 370 g/mol. The number of nitrogens with one attached hydrogen (secondary N) is 1. The standard InChI is InChI=1S/C21H30N4O2/c1-17(2)23-21(26)25(16-20-7-5-15-27-20)19-9-13-24(14-10-19)12-8-18-6-3-4-11-22-18/h3-7,11,15,17,19H,8-10,12-14,16H2,1-2H3,(H,23,26). The Balaban J connectivity index is 1.54. The van der Waals surface area contributed by atoms with Gasteiger partial charge in [-0.3, -0.25) is 4.98 Å². The van der Waals surface area contributed by atoms with E-state index >= 15 is 0 Å². The van der Waals surface area contributed by atoms with Crippen LogP contribution >= 0.6 is 0 Å². The van der Waals surface area contributed by atoms with Gasteiger partial charge in [-0.15, -0.1) is 0 Å². The molecule has 6 heteroatoms. The van der Waals surface area contributed by atoms with Crippen LogP contribution in [0, 0.1) is 0 Å². The SMILES string of the molecule is CC(C)NC(=O)N(Cc1ccco1)C1CCN(CCc2ccccn2)CC1. The molecule has 0 radical (unpaired) electrons. The lowest BCUT2D eigenvalue weighted by Crippen LogP contribution is -2.51. The van der Waals surface area contributed by atoms with Gasteiger partial charge in [0.15, 0.2) is 0 Å². The number of amides is 2. The number of urea groups is 1. The second kappa shape index (κ2) is 9.55. The molecule has 1 aliphatic heterocycles. The van der Waals surface area contributed by atoms with Crippen LogP contribution < -0.4 is 5.32 Å². The van der Waals surface area contributed by atoms with Crippen LogP contribution in [0.4, 0.5) is 4.79 Å². The fraction of sp³-hybridized carbons (Fsp3) is 0.524. The number of furan rings is 1. The summed E-state index contributed by atoms with van der Waals surface area (Å²) in [6.07, 6.45) is 6.44. The van der Waals surface area contributed by atoms with Gasteiger partial charge in [0.1, 0.15) is 5.76 Å². The van der Waals surface area contributed by atoms with Crippen LogP contribution in [-0.2, 0) is 13.0 Å². The fourth-order valence-electron chi connectivity index (χ4n) is 3.54. The quantitative estimate of drug-likeness (QED) is 0.812. The summed E-state index contributed by atoms with van der Waals surface area (Å²) < 4.78 is 5.48. The Morgan fingerprint density at radius 1 is 1.30 bits per heavy atom. The van der Waals surface area contributed by atoms with Gasteiger partial charge in [0, 0.05) is 50.0 Å². The molecule has 0 spiro atoms. The van der Waals surface area contributed by atoms with Crippen molar-refractivity contribution >= 4 is 6.03 Å². The third-order valence-electron chi connectivity index (χ3n) is 4.99. The van der Waals surface area contributed by atoms with Crippen molar-refractivity contribution in [1.29, 1.82) is 0 Å². The number of pyridine rings is 1. The lowest BCUT2D eigenvalue weighted by atomic mass is 10.0. The predicted molar refractivity (Wildman–Crippen MR) is 105 cm³/mol. The molecule has 0 aliphatic carbocycles. The minimum Gasteiger partial charge on any atom is -0.467 e. The zero-order valence-corrected chi connectivity index (χ0v) is 16.3. The maximum Gasteiger partial charge on any atom is 0.318 e. The summed E-state index contributed by atoms with van der Waals surface area (Å²) in [7, 11) is 0. The highest BCUT2D eigenvalue weighted by molar-refractivity contribution is 5.74. The highest BCUT2D eigenvalue weighted by Gasteiger charge is 2.28. The van der Waals surface area contributed by atoms with E-state index in [9.17, 15) is 4.79 Å². The van der Waals surface area contributed by atoms with Gasteiger partial charge in [-0.05, 0) is 51.0 Å². The van der Waals surface area contributed by atoms with E-state index in [0.717, 1.165) is 50.4 Å². The van der Waals surface area contributed by atoms with Gasteiger partial charge in [-0.2, -0.15) is 0 Å². The Kier molecular flexibility index (Phi) is 6.87. The number of likely N-dealkylation sites (tertiary alicyclic amines) is 1. The van der Waals surface area contributed by atoms with Crippen molar-refractivity contribution in [2.75, 3.05) is 19.6 Å². The van der Waals surface area contributed by atoms with Crippen LogP contribution in [0.1, 0.15) is 38.1 Å². The second-order valence-corrected chi connectivity index (χ2v) is 7.46. The number of hydrogen-bond acceptors (Lipinski definition) is 4. The fourth-order valence-corrected chi connectivity index (χ4v) is 3.54. The summed E-state index contributed by atoms with van der Waals surface area (Å²) in [5.74, 6) is 0.825. The first-order valence-corrected chi connectivity index (χ1v) is 9.83. The van der Waals surface area contributed by atoms with Crippen LogP contribution in [0.2, 0.25) is 0 Å². The van der Waals surface area contributed by atoms with Gasteiger partial charge in [-0.25, -0.2) is 4.79 Å². The zero-order valence-electron chi connectivity index (χ0n) is 16.3. The second-order valence-electron chi connectivity index (χ2n) is 7.46. The van der Waals surface area contributed by atoms with E-state index in [1.54, 1.807) is 6.26 Å². The molecule has 146 valence electrons. The molecular formula is C21H30N4O2. The van der Waals surface area contributed by atoms with Gasteiger partial charge in [0.05, 0.1) is 12.8 Å². The summed E-state index contributed by atoms with van der Waals surface area (Å²) in [6.45, 7) is 7.51. The Morgan fingerprint density at radius 2 is 2.11 bits per heavy atom. The number of piperidine rings is 1. The Morgan fingerprint density at radius 3 is 2.74 bits per heavy atom. The molecule has 0 saturated carbocycles. The Labute approximate surface area is 161 Å². The van der Waals surface area contributed by atoms with Crippen molar-refractivity contribution in [2.24, 2.45) is 0 Å². The average Bonchev–Trinajstić information content (AvgIpc) is 3.18. The van der Waals surface area contributed by atoms with Crippen molar-refractivity contribution in [2.45, 2.75) is 51.7 Å². The smallest absolute Gasteiger partial charge is 0.318 e. The normalized spacial score (nSPS) is 15.8. The van der Waals surface area contributed by atoms with E-state index in [0.29, 0.717) is 6.54 Å². The van der Waals surface area contributed by atoms with Crippen molar-refractivity contribution < 1.29 is 9.21 Å². The van der Waals surface area contributed by atoms with Crippen molar-refractivity contribution in [3.8, 4) is 0 Å². The van der Waals surface area contributed by atoms with Crippen LogP contribution in [-0.4, -0.2) is 52.5 Å². The van der Waals surface area contributed by atoms with Crippen LogP contribution in [0.5, 0.6) is 0 Å². The molecule has 27 heavy (non-hydrogen) atoms. The third kappa shape index (κ3) is 5.82. The summed E-state index contributed by atoms with van der Waals surface area (Å²) in [5, 5.41) is 3.03. The Hall–Kier alpha value is -2.34. The van der Waals surface area contributed by atoms with E-state index in [-0.39, 0.29) is 18.1 Å². The molecule has 0 bridgehead atoms. The molecule has 0 aromatic carbocycles. The predicted octanol–water partition coefficient (Wildman–Crippen LogP) is 3.30. The van der Waals surface area contributed by atoms with Crippen molar-refractivity contribution in [3.63, 3.8) is 0 Å². The van der Waals surface area contributed by atoms with Gasteiger partial charge in [0.2, 0.25) is 0 Å². The molecule has 2 amide bonds. The first kappa shape index (κ1) is 19.4. The highest BCUT2D eigenvalue weighted by atomic mass is 16.3. The number of aromatic nitrogens is 1. The van der Waals surface area contributed by atoms with E-state index in [2.05, 4.69) is 21.3 Å². The van der Waals surface area contributed by atoms with Crippen molar-refractivity contribution in [1.82, 2.24) is 20.1 Å². The van der Waals surface area contributed by atoms with Gasteiger partial charge in [-0.1, -0.05) is 6.07 Å². The molecule has 2 aromatic rings. The first-order valence-electron chi connectivity index (χ1n) is 9.83. The maximum atomic E-state index is 12.7. The molecule has 3 rings (SSSR count). The molecule has 3 heterocycles. The molecule has 1 N–H and O–H groups in total. The number of nitrogens with zero attached hydrogens (tertiary/aromatic N) is 3. The van der Waals surface area contributed by atoms with E-state index < -0.39 is 0 Å². The first-order chi connectivity index (χ1) is 13.1. The van der Waals surface area contributed by atoms with Gasteiger partial charge >= 0.3 is 6.03 Å². The third-order valence-corrected chi connectivity index (χ3v) is 4.99. The molecule has 6 nitrogen and oxygen atoms in total. The maximum absolute atomic E-state index is 12.7. The van der Waals surface area contributed by atoms with Crippen molar-refractivity contribution in [3.05, 3.63) is 54.2 Å². The molecule has 1 saturated heterocycles. The minimum atomic E-state index is -0.00617. The largest absolute Gasteiger partial charge is 0.467 e. The van der Waals surface area contributed by atoms with Gasteiger partial charge in [0.25, 0.3) is 0 Å². The lowest BCUT2D eigenvalue weighted by molar-refractivity contribution is 0.111. The number of carbonyl (C=O) groups is 1. The summed E-state index contributed by atoms with van der Waals surface area (Å²) in [4.78, 5) is 21.5. The topological polar surface area (TPSA) is 61.6 Å². The molecule has 2 aromatic heterocycles.